The Hall–Kier alpha value is -1.96. The largest absolute Gasteiger partial charge is 0.392 e. The lowest BCUT2D eigenvalue weighted by atomic mass is 9.95. The van der Waals surface area contributed by atoms with Crippen LogP contribution in [0.5, 0.6) is 0 Å². The van der Waals surface area contributed by atoms with Crippen molar-refractivity contribution in [2.45, 2.75) is 44.7 Å². The number of hydrogen-bond donors (Lipinski definition) is 2. The van der Waals surface area contributed by atoms with Crippen molar-refractivity contribution in [3.63, 3.8) is 0 Å². The van der Waals surface area contributed by atoms with E-state index < -0.39 is 0 Å². The van der Waals surface area contributed by atoms with Crippen molar-refractivity contribution >= 4 is 43.5 Å². The number of anilines is 1. The van der Waals surface area contributed by atoms with Crippen LogP contribution < -0.4 is 4.90 Å². The molecule has 1 saturated heterocycles. The fraction of sp³-hybridized carbons (Fsp3) is 0.333. The first-order chi connectivity index (χ1) is 15.2. The van der Waals surface area contributed by atoms with E-state index in [0.717, 1.165) is 49.2 Å². The molecule has 33 heavy (non-hydrogen) atoms. The van der Waals surface area contributed by atoms with E-state index in [0.29, 0.717) is 12.1 Å². The summed E-state index contributed by atoms with van der Waals surface area (Å²) in [5, 5.41) is 21.9. The highest BCUT2D eigenvalue weighted by molar-refractivity contribution is 7.59. The van der Waals surface area contributed by atoms with Crippen LogP contribution in [0.4, 0.5) is 5.69 Å². The molecule has 6 rings (SSSR count). The van der Waals surface area contributed by atoms with Gasteiger partial charge in [0.2, 0.25) is 0 Å². The molecule has 0 amide bonds. The second-order valence-corrected chi connectivity index (χ2v) is 8.78. The summed E-state index contributed by atoms with van der Waals surface area (Å²) in [5.74, 6) is 0. The number of rotatable bonds is 5. The number of fused-ring (bicyclic) bond motifs is 5. The van der Waals surface area contributed by atoms with E-state index >= 15 is 0 Å². The summed E-state index contributed by atoms with van der Waals surface area (Å²) in [6.45, 7) is 2.87. The first-order valence-corrected chi connectivity index (χ1v) is 11.2. The van der Waals surface area contributed by atoms with Crippen LogP contribution in [0.3, 0.4) is 0 Å². The van der Waals surface area contributed by atoms with Crippen molar-refractivity contribution < 1.29 is 10.2 Å². The van der Waals surface area contributed by atoms with Gasteiger partial charge in [0, 0.05) is 37.4 Å². The monoisotopic (exact) mass is 482 g/mol. The van der Waals surface area contributed by atoms with Crippen LogP contribution in [0.1, 0.15) is 29.5 Å². The summed E-state index contributed by atoms with van der Waals surface area (Å²) >= 11 is 0. The molecular formula is C27H34N2O2S2. The number of aliphatic hydroxyl groups excluding tert-OH is 2. The molecule has 2 N–H and O–H groups in total. The first-order valence-electron chi connectivity index (χ1n) is 11.2. The zero-order chi connectivity index (χ0) is 21.2. The normalized spacial score (nSPS) is 21.1. The van der Waals surface area contributed by atoms with Gasteiger partial charge in [-0.25, -0.2) is 0 Å². The minimum absolute atomic E-state index is 0. The van der Waals surface area contributed by atoms with E-state index in [2.05, 4.69) is 70.5 Å². The van der Waals surface area contributed by atoms with Crippen molar-refractivity contribution in [2.75, 3.05) is 18.0 Å². The predicted molar refractivity (Wildman–Crippen MR) is 147 cm³/mol. The molecular weight excluding hydrogens is 448 g/mol. The van der Waals surface area contributed by atoms with Gasteiger partial charge in [0.15, 0.2) is 0 Å². The SMILES string of the molecule is OCc1ccc(CN2C[C@@H]3C/C=C\C[C@H]2CN3c2ccc3ccccc3c2)c(CO)c1.S.S. The highest BCUT2D eigenvalue weighted by atomic mass is 32.1. The summed E-state index contributed by atoms with van der Waals surface area (Å²) in [6.07, 6.45) is 6.77. The standard InChI is InChI=1S/C27H30N2O2.2H2S/c30-18-20-9-10-23(24(13-20)19-31)15-28-16-27-8-4-3-7-26(28)17-29(27)25-12-11-21-5-1-2-6-22(21)14-25;;/h1-6,9-14,26-27,30-31H,7-8,15-19H2;2*1H2/b4-3-;;/t26-,27-;;/m0../s1. The Morgan fingerprint density at radius 2 is 1.48 bits per heavy atom. The number of benzene rings is 3. The summed E-state index contributed by atoms with van der Waals surface area (Å²) in [5.41, 5.74) is 4.25. The molecule has 0 saturated carbocycles. The Labute approximate surface area is 210 Å². The van der Waals surface area contributed by atoms with Crippen LogP contribution >= 0.6 is 27.0 Å². The topological polar surface area (TPSA) is 46.9 Å². The molecule has 3 heterocycles. The van der Waals surface area contributed by atoms with Gasteiger partial charge in [-0.1, -0.05) is 60.7 Å². The second-order valence-electron chi connectivity index (χ2n) is 8.78. The number of aliphatic hydroxyl groups is 2. The summed E-state index contributed by atoms with van der Waals surface area (Å²) in [6, 6.07) is 22.2. The molecule has 4 nitrogen and oxygen atoms in total. The van der Waals surface area contributed by atoms with Gasteiger partial charge in [-0.15, -0.1) is 0 Å². The lowest BCUT2D eigenvalue weighted by Crippen LogP contribution is -2.58. The van der Waals surface area contributed by atoms with Crippen molar-refractivity contribution in [1.29, 1.82) is 0 Å². The minimum Gasteiger partial charge on any atom is -0.392 e. The zero-order valence-corrected chi connectivity index (χ0v) is 20.8. The average molecular weight is 483 g/mol. The van der Waals surface area contributed by atoms with Crippen molar-refractivity contribution in [3.05, 3.63) is 89.5 Å². The highest BCUT2D eigenvalue weighted by Crippen LogP contribution is 2.32. The van der Waals surface area contributed by atoms with Gasteiger partial charge in [-0.3, -0.25) is 4.90 Å². The maximum atomic E-state index is 9.86. The molecule has 0 aliphatic carbocycles. The molecule has 3 aliphatic rings. The van der Waals surface area contributed by atoms with E-state index in [4.69, 9.17) is 0 Å². The van der Waals surface area contributed by atoms with Crippen LogP contribution in [-0.4, -0.2) is 40.3 Å². The number of hydrogen-bond acceptors (Lipinski definition) is 4. The second kappa shape index (κ2) is 11.4. The Kier molecular flexibility index (Phi) is 8.90. The highest BCUT2D eigenvalue weighted by Gasteiger charge is 2.34. The van der Waals surface area contributed by atoms with Crippen molar-refractivity contribution in [3.8, 4) is 0 Å². The van der Waals surface area contributed by atoms with E-state index in [-0.39, 0.29) is 40.2 Å². The Bertz CT molecular complexity index is 1100. The van der Waals surface area contributed by atoms with Gasteiger partial charge < -0.3 is 15.1 Å². The molecule has 2 bridgehead atoms. The molecule has 0 unspecified atom stereocenters. The van der Waals surface area contributed by atoms with Crippen molar-refractivity contribution in [1.82, 2.24) is 4.90 Å². The molecule has 2 atom stereocenters. The fourth-order valence-electron chi connectivity index (χ4n) is 5.11. The van der Waals surface area contributed by atoms with E-state index in [1.165, 1.54) is 16.5 Å². The minimum atomic E-state index is 0. The Balaban J connectivity index is 0.00000153. The van der Waals surface area contributed by atoms with Crippen LogP contribution in [-0.2, 0) is 19.8 Å². The zero-order valence-electron chi connectivity index (χ0n) is 18.8. The molecule has 3 aromatic carbocycles. The molecule has 0 aromatic heterocycles. The third-order valence-corrected chi connectivity index (χ3v) is 6.85. The lowest BCUT2D eigenvalue weighted by Gasteiger charge is -2.48. The maximum absolute atomic E-state index is 9.86. The van der Waals surface area contributed by atoms with E-state index in [1.54, 1.807) is 0 Å². The third-order valence-electron chi connectivity index (χ3n) is 6.85. The van der Waals surface area contributed by atoms with E-state index in [1.807, 2.05) is 12.1 Å². The molecule has 0 radical (unpaired) electrons. The van der Waals surface area contributed by atoms with Gasteiger partial charge in [0.25, 0.3) is 0 Å². The number of nitrogens with zero attached hydrogens (tertiary/aromatic N) is 2. The first kappa shape index (κ1) is 25.7. The van der Waals surface area contributed by atoms with Gasteiger partial charge in [-0.2, -0.15) is 27.0 Å². The summed E-state index contributed by atoms with van der Waals surface area (Å²) in [4.78, 5) is 5.18. The molecule has 6 heteroatoms. The molecule has 1 fully saturated rings. The fourth-order valence-corrected chi connectivity index (χ4v) is 5.11. The quantitative estimate of drug-likeness (QED) is 0.527. The third kappa shape index (κ3) is 5.42. The van der Waals surface area contributed by atoms with Crippen LogP contribution in [0.15, 0.2) is 72.8 Å². The predicted octanol–water partition coefficient (Wildman–Crippen LogP) is 4.46. The van der Waals surface area contributed by atoms with Gasteiger partial charge in [0.05, 0.1) is 13.2 Å². The van der Waals surface area contributed by atoms with Gasteiger partial charge in [-0.05, 0) is 52.4 Å². The molecule has 176 valence electrons. The summed E-state index contributed by atoms with van der Waals surface area (Å²) in [7, 11) is 0. The van der Waals surface area contributed by atoms with E-state index in [9.17, 15) is 10.2 Å². The molecule has 3 aromatic rings. The maximum Gasteiger partial charge on any atom is 0.0685 e. The molecule has 3 aliphatic heterocycles. The van der Waals surface area contributed by atoms with Gasteiger partial charge >= 0.3 is 0 Å². The van der Waals surface area contributed by atoms with Crippen LogP contribution in [0.25, 0.3) is 10.8 Å². The summed E-state index contributed by atoms with van der Waals surface area (Å²) < 4.78 is 0. The van der Waals surface area contributed by atoms with Crippen LogP contribution in [0.2, 0.25) is 0 Å². The number of piperazine rings is 1. The average Bonchev–Trinajstić information content (AvgIpc) is 2.80. The molecule has 0 spiro atoms. The lowest BCUT2D eigenvalue weighted by molar-refractivity contribution is 0.138. The Morgan fingerprint density at radius 3 is 2.24 bits per heavy atom. The Morgan fingerprint density at radius 1 is 0.727 bits per heavy atom. The van der Waals surface area contributed by atoms with Gasteiger partial charge in [0.1, 0.15) is 0 Å². The smallest absolute Gasteiger partial charge is 0.0685 e. The van der Waals surface area contributed by atoms with Crippen molar-refractivity contribution in [2.24, 2.45) is 0 Å². The van der Waals surface area contributed by atoms with Crippen LogP contribution in [0, 0.1) is 0 Å².